The molecule has 0 spiro atoms. The van der Waals surface area contributed by atoms with Crippen LogP contribution in [-0.2, 0) is 0 Å². The Morgan fingerprint density at radius 2 is 1.87 bits per heavy atom. The standard InChI is InChI=1S/C23H18ClN5O/c24-21-11-9-17-22(28-21)19(13-25-17)27-23-26-18-12-16(30-15-4-2-1-3-5-15)8-10-20(18)29(23)14-6-7-14/h1-5,8-14,25H,6-7H2,(H,26,27). The molecule has 6 rings (SSSR count). The predicted molar refractivity (Wildman–Crippen MR) is 119 cm³/mol. The van der Waals surface area contributed by atoms with Crippen molar-refractivity contribution in [3.8, 4) is 11.5 Å². The van der Waals surface area contributed by atoms with Gasteiger partial charge in [-0.25, -0.2) is 9.97 Å². The zero-order valence-corrected chi connectivity index (χ0v) is 16.7. The van der Waals surface area contributed by atoms with Crippen molar-refractivity contribution in [3.05, 3.63) is 72.0 Å². The van der Waals surface area contributed by atoms with Crippen molar-refractivity contribution in [3.63, 3.8) is 0 Å². The zero-order valence-electron chi connectivity index (χ0n) is 16.0. The van der Waals surface area contributed by atoms with Crippen LogP contribution in [0.5, 0.6) is 11.5 Å². The molecule has 7 heteroatoms. The molecule has 1 saturated carbocycles. The molecule has 0 aliphatic heterocycles. The Balaban J connectivity index is 1.40. The van der Waals surface area contributed by atoms with E-state index >= 15 is 0 Å². The first-order valence-corrected chi connectivity index (χ1v) is 10.3. The number of imidazole rings is 1. The minimum Gasteiger partial charge on any atom is -0.457 e. The van der Waals surface area contributed by atoms with Crippen LogP contribution in [0.2, 0.25) is 5.15 Å². The molecule has 1 fully saturated rings. The number of nitrogens with zero attached hydrogens (tertiary/aromatic N) is 3. The second kappa shape index (κ2) is 6.78. The van der Waals surface area contributed by atoms with E-state index in [1.54, 1.807) is 6.07 Å². The Kier molecular flexibility index (Phi) is 3.92. The van der Waals surface area contributed by atoms with E-state index in [9.17, 15) is 0 Å². The molecule has 5 aromatic rings. The van der Waals surface area contributed by atoms with E-state index in [0.29, 0.717) is 11.2 Å². The number of aromatic nitrogens is 4. The van der Waals surface area contributed by atoms with Gasteiger partial charge in [0.2, 0.25) is 5.95 Å². The Labute approximate surface area is 177 Å². The van der Waals surface area contributed by atoms with E-state index in [2.05, 4.69) is 25.9 Å². The van der Waals surface area contributed by atoms with Crippen LogP contribution < -0.4 is 10.1 Å². The van der Waals surface area contributed by atoms with Gasteiger partial charge in [0.1, 0.15) is 22.2 Å². The van der Waals surface area contributed by atoms with Gasteiger partial charge in [-0.2, -0.15) is 0 Å². The van der Waals surface area contributed by atoms with E-state index < -0.39 is 0 Å². The Morgan fingerprint density at radius 3 is 2.70 bits per heavy atom. The summed E-state index contributed by atoms with van der Waals surface area (Å²) in [6, 6.07) is 20.0. The number of hydrogen-bond donors (Lipinski definition) is 2. The Hall–Kier alpha value is -3.51. The number of halogens is 1. The Morgan fingerprint density at radius 1 is 1.00 bits per heavy atom. The highest BCUT2D eigenvalue weighted by molar-refractivity contribution is 6.29. The molecule has 1 aliphatic rings. The van der Waals surface area contributed by atoms with E-state index in [1.165, 1.54) is 0 Å². The molecule has 3 heterocycles. The largest absolute Gasteiger partial charge is 0.457 e. The normalized spacial score (nSPS) is 13.8. The van der Waals surface area contributed by atoms with Crippen LogP contribution in [0.4, 0.5) is 11.6 Å². The van der Waals surface area contributed by atoms with Crippen molar-refractivity contribution in [1.29, 1.82) is 0 Å². The number of benzene rings is 2. The molecule has 30 heavy (non-hydrogen) atoms. The lowest BCUT2D eigenvalue weighted by Crippen LogP contribution is -2.02. The summed E-state index contributed by atoms with van der Waals surface area (Å²) in [6.45, 7) is 0. The second-order valence-corrected chi connectivity index (χ2v) is 7.85. The van der Waals surface area contributed by atoms with Gasteiger partial charge >= 0.3 is 0 Å². The van der Waals surface area contributed by atoms with Crippen molar-refractivity contribution in [2.45, 2.75) is 18.9 Å². The van der Waals surface area contributed by atoms with E-state index in [-0.39, 0.29) is 0 Å². The van der Waals surface area contributed by atoms with Gasteiger partial charge in [0.15, 0.2) is 0 Å². The number of hydrogen-bond acceptors (Lipinski definition) is 4. The number of para-hydroxylation sites is 1. The monoisotopic (exact) mass is 415 g/mol. The Bertz CT molecular complexity index is 1370. The van der Waals surface area contributed by atoms with Crippen LogP contribution in [-0.4, -0.2) is 19.5 Å². The highest BCUT2D eigenvalue weighted by atomic mass is 35.5. The van der Waals surface area contributed by atoms with Crippen LogP contribution in [0.15, 0.2) is 66.9 Å². The summed E-state index contributed by atoms with van der Waals surface area (Å²) in [7, 11) is 0. The van der Waals surface area contributed by atoms with Crippen molar-refractivity contribution in [2.24, 2.45) is 0 Å². The summed E-state index contributed by atoms with van der Waals surface area (Å²) in [5.74, 6) is 2.37. The summed E-state index contributed by atoms with van der Waals surface area (Å²) in [4.78, 5) is 12.6. The van der Waals surface area contributed by atoms with Gasteiger partial charge in [-0.15, -0.1) is 0 Å². The fraction of sp³-hybridized carbons (Fsp3) is 0.130. The minimum atomic E-state index is 0.458. The van der Waals surface area contributed by atoms with Gasteiger partial charge in [-0.05, 0) is 49.2 Å². The summed E-state index contributed by atoms with van der Waals surface area (Å²) >= 11 is 6.10. The average Bonchev–Trinajstić information content (AvgIpc) is 3.43. The molecular weight excluding hydrogens is 398 g/mol. The lowest BCUT2D eigenvalue weighted by molar-refractivity contribution is 0.483. The number of pyridine rings is 1. The third-order valence-electron chi connectivity index (χ3n) is 5.29. The quantitative estimate of drug-likeness (QED) is 0.324. The fourth-order valence-corrected chi connectivity index (χ4v) is 3.90. The first-order chi connectivity index (χ1) is 14.7. The van der Waals surface area contributed by atoms with Gasteiger partial charge in [0.25, 0.3) is 0 Å². The fourth-order valence-electron chi connectivity index (χ4n) is 3.75. The third kappa shape index (κ3) is 3.06. The van der Waals surface area contributed by atoms with Crippen LogP contribution in [0.25, 0.3) is 22.1 Å². The summed E-state index contributed by atoms with van der Waals surface area (Å²) in [5, 5.41) is 3.92. The van der Waals surface area contributed by atoms with Crippen LogP contribution >= 0.6 is 11.6 Å². The molecule has 0 bridgehead atoms. The highest BCUT2D eigenvalue weighted by Gasteiger charge is 2.29. The van der Waals surface area contributed by atoms with Crippen molar-refractivity contribution in [2.75, 3.05) is 5.32 Å². The number of ether oxygens (including phenoxy) is 1. The molecule has 2 N–H and O–H groups in total. The molecule has 6 nitrogen and oxygen atoms in total. The zero-order chi connectivity index (χ0) is 20.1. The maximum atomic E-state index is 6.10. The third-order valence-corrected chi connectivity index (χ3v) is 5.50. The smallest absolute Gasteiger partial charge is 0.208 e. The van der Waals surface area contributed by atoms with Crippen LogP contribution in [0, 0.1) is 0 Å². The molecule has 0 atom stereocenters. The maximum absolute atomic E-state index is 6.10. The average molecular weight is 416 g/mol. The SMILES string of the molecule is Clc1ccc2[nH]cc(Nc3nc4cc(Oc5ccccc5)ccc4n3C3CC3)c2n1. The first kappa shape index (κ1) is 17.4. The number of nitrogens with one attached hydrogen (secondary N) is 2. The highest BCUT2D eigenvalue weighted by Crippen LogP contribution is 2.42. The summed E-state index contributed by atoms with van der Waals surface area (Å²) in [5.41, 5.74) is 4.56. The molecule has 0 radical (unpaired) electrons. The number of anilines is 2. The lowest BCUT2D eigenvalue weighted by Gasteiger charge is -2.09. The molecule has 2 aromatic carbocycles. The lowest BCUT2D eigenvalue weighted by atomic mass is 10.3. The number of H-pyrrole nitrogens is 1. The molecular formula is C23H18ClN5O. The van der Waals surface area contributed by atoms with Crippen molar-refractivity contribution >= 4 is 45.3 Å². The van der Waals surface area contributed by atoms with Crippen molar-refractivity contribution < 1.29 is 4.74 Å². The maximum Gasteiger partial charge on any atom is 0.208 e. The topological polar surface area (TPSA) is 67.8 Å². The van der Waals surface area contributed by atoms with Crippen LogP contribution in [0.3, 0.4) is 0 Å². The molecule has 0 unspecified atom stereocenters. The van der Waals surface area contributed by atoms with Gasteiger partial charge < -0.3 is 19.6 Å². The van der Waals surface area contributed by atoms with E-state index in [1.807, 2.05) is 54.7 Å². The molecule has 1 aliphatic carbocycles. The van der Waals surface area contributed by atoms with Crippen molar-refractivity contribution in [1.82, 2.24) is 19.5 Å². The summed E-state index contributed by atoms with van der Waals surface area (Å²) in [6.07, 6.45) is 4.20. The number of rotatable bonds is 5. The van der Waals surface area contributed by atoms with Crippen LogP contribution in [0.1, 0.15) is 18.9 Å². The van der Waals surface area contributed by atoms with E-state index in [0.717, 1.165) is 58.0 Å². The van der Waals surface area contributed by atoms with Gasteiger partial charge in [-0.1, -0.05) is 29.8 Å². The summed E-state index contributed by atoms with van der Waals surface area (Å²) < 4.78 is 8.26. The molecule has 0 saturated heterocycles. The second-order valence-electron chi connectivity index (χ2n) is 7.46. The molecule has 148 valence electrons. The first-order valence-electron chi connectivity index (χ1n) is 9.90. The molecule has 3 aromatic heterocycles. The number of fused-ring (bicyclic) bond motifs is 2. The minimum absolute atomic E-state index is 0.458. The van der Waals surface area contributed by atoms with E-state index in [4.69, 9.17) is 21.3 Å². The number of aromatic amines is 1. The van der Waals surface area contributed by atoms with Gasteiger partial charge in [-0.3, -0.25) is 0 Å². The van der Waals surface area contributed by atoms with Gasteiger partial charge in [0.05, 0.1) is 22.2 Å². The van der Waals surface area contributed by atoms with Gasteiger partial charge in [0, 0.05) is 18.3 Å². The molecule has 0 amide bonds. The predicted octanol–water partition coefficient (Wildman–Crippen LogP) is 6.44.